The van der Waals surface area contributed by atoms with Gasteiger partial charge in [-0.1, -0.05) is 0 Å². The largest absolute Gasteiger partial charge is 0.469 e. The number of nitrogens with one attached hydrogen (secondary N) is 1. The fourth-order valence-corrected chi connectivity index (χ4v) is 4.38. The van der Waals surface area contributed by atoms with E-state index in [0.29, 0.717) is 6.04 Å². The standard InChI is InChI=1S/C15H23NO2S/c1-2-14(17-8-1)3-7-16-13-4-9-18-15(12-13)5-10-19-11-6-15/h1-2,8,13,16H,3-7,9-12H2. The molecule has 0 saturated carbocycles. The maximum absolute atomic E-state index is 6.12. The fourth-order valence-electron chi connectivity index (χ4n) is 3.15. The van der Waals surface area contributed by atoms with Crippen molar-refractivity contribution in [1.29, 1.82) is 0 Å². The van der Waals surface area contributed by atoms with Crippen molar-refractivity contribution in [2.75, 3.05) is 24.7 Å². The predicted octanol–water partition coefficient (Wildman–Crippen LogP) is 2.86. The van der Waals surface area contributed by atoms with E-state index in [1.54, 1.807) is 6.26 Å². The van der Waals surface area contributed by atoms with E-state index in [-0.39, 0.29) is 5.60 Å². The molecule has 19 heavy (non-hydrogen) atoms. The smallest absolute Gasteiger partial charge is 0.105 e. The second-order valence-corrected chi connectivity index (χ2v) is 6.84. The van der Waals surface area contributed by atoms with Crippen molar-refractivity contribution in [3.05, 3.63) is 24.2 Å². The van der Waals surface area contributed by atoms with Gasteiger partial charge in [-0.2, -0.15) is 11.8 Å². The SMILES string of the molecule is c1coc(CCNC2CCOC3(CCSCC3)C2)c1. The minimum absolute atomic E-state index is 0.186. The molecule has 2 aliphatic heterocycles. The number of hydrogen-bond donors (Lipinski definition) is 1. The summed E-state index contributed by atoms with van der Waals surface area (Å²) in [7, 11) is 0. The summed E-state index contributed by atoms with van der Waals surface area (Å²) < 4.78 is 11.5. The Bertz CT molecular complexity index is 368. The van der Waals surface area contributed by atoms with Gasteiger partial charge in [-0.05, 0) is 49.3 Å². The van der Waals surface area contributed by atoms with E-state index in [0.717, 1.165) is 31.8 Å². The summed E-state index contributed by atoms with van der Waals surface area (Å²) >= 11 is 2.07. The number of thioether (sulfide) groups is 1. The molecule has 106 valence electrons. The van der Waals surface area contributed by atoms with Crippen LogP contribution >= 0.6 is 11.8 Å². The highest BCUT2D eigenvalue weighted by atomic mass is 32.2. The Kier molecular flexibility index (Phi) is 4.51. The van der Waals surface area contributed by atoms with Gasteiger partial charge >= 0.3 is 0 Å². The summed E-state index contributed by atoms with van der Waals surface area (Å²) in [6.07, 6.45) is 7.52. The van der Waals surface area contributed by atoms with Crippen LogP contribution in [0.15, 0.2) is 22.8 Å². The molecule has 0 bridgehead atoms. The number of ether oxygens (including phenoxy) is 1. The van der Waals surface area contributed by atoms with E-state index in [1.807, 2.05) is 12.1 Å². The molecule has 3 heterocycles. The molecule has 2 fully saturated rings. The topological polar surface area (TPSA) is 34.4 Å². The van der Waals surface area contributed by atoms with Crippen molar-refractivity contribution in [1.82, 2.24) is 5.32 Å². The van der Waals surface area contributed by atoms with Crippen LogP contribution < -0.4 is 5.32 Å². The van der Waals surface area contributed by atoms with Crippen LogP contribution in [0.5, 0.6) is 0 Å². The van der Waals surface area contributed by atoms with Crippen LogP contribution in [0.3, 0.4) is 0 Å². The molecule has 2 saturated heterocycles. The van der Waals surface area contributed by atoms with Crippen molar-refractivity contribution in [2.45, 2.75) is 43.7 Å². The van der Waals surface area contributed by atoms with Crippen LogP contribution in [0.25, 0.3) is 0 Å². The summed E-state index contributed by atoms with van der Waals surface area (Å²) in [5, 5.41) is 3.68. The van der Waals surface area contributed by atoms with Crippen LogP contribution in [-0.4, -0.2) is 36.3 Å². The van der Waals surface area contributed by atoms with Gasteiger partial charge in [0.2, 0.25) is 0 Å². The highest BCUT2D eigenvalue weighted by Gasteiger charge is 2.38. The molecule has 0 aliphatic carbocycles. The summed E-state index contributed by atoms with van der Waals surface area (Å²) in [5.74, 6) is 3.60. The fraction of sp³-hybridized carbons (Fsp3) is 0.733. The van der Waals surface area contributed by atoms with E-state index in [2.05, 4.69) is 17.1 Å². The first-order chi connectivity index (χ1) is 9.36. The van der Waals surface area contributed by atoms with Crippen molar-refractivity contribution < 1.29 is 9.15 Å². The van der Waals surface area contributed by atoms with Crippen LogP contribution in [0, 0.1) is 0 Å². The summed E-state index contributed by atoms with van der Waals surface area (Å²) in [5.41, 5.74) is 0.186. The molecule has 2 aliphatic rings. The molecule has 3 nitrogen and oxygen atoms in total. The lowest BCUT2D eigenvalue weighted by molar-refractivity contribution is -0.0930. The van der Waals surface area contributed by atoms with Gasteiger partial charge in [0.15, 0.2) is 0 Å². The van der Waals surface area contributed by atoms with Crippen LogP contribution in [0.1, 0.15) is 31.4 Å². The number of hydrogen-bond acceptors (Lipinski definition) is 4. The van der Waals surface area contributed by atoms with Gasteiger partial charge in [-0.3, -0.25) is 0 Å². The van der Waals surface area contributed by atoms with E-state index in [9.17, 15) is 0 Å². The third-order valence-corrected chi connectivity index (χ3v) is 5.27. The van der Waals surface area contributed by atoms with E-state index >= 15 is 0 Å². The van der Waals surface area contributed by atoms with Gasteiger partial charge in [-0.25, -0.2) is 0 Å². The molecule has 0 radical (unpaired) electrons. The maximum Gasteiger partial charge on any atom is 0.105 e. The highest BCUT2D eigenvalue weighted by molar-refractivity contribution is 7.99. The molecule has 1 spiro atoms. The summed E-state index contributed by atoms with van der Waals surface area (Å²) in [4.78, 5) is 0. The van der Waals surface area contributed by atoms with E-state index in [4.69, 9.17) is 9.15 Å². The normalized spacial score (nSPS) is 26.6. The van der Waals surface area contributed by atoms with Crippen molar-refractivity contribution in [3.8, 4) is 0 Å². The summed E-state index contributed by atoms with van der Waals surface area (Å²) in [6, 6.07) is 4.62. The average molecular weight is 281 g/mol. The molecule has 1 aromatic rings. The molecule has 0 aromatic carbocycles. The van der Waals surface area contributed by atoms with Gasteiger partial charge in [-0.15, -0.1) is 0 Å². The first kappa shape index (κ1) is 13.5. The van der Waals surface area contributed by atoms with E-state index in [1.165, 1.54) is 30.8 Å². The molecule has 1 unspecified atom stereocenters. The Labute approximate surface area is 119 Å². The Morgan fingerprint density at radius 2 is 2.26 bits per heavy atom. The zero-order chi connectivity index (χ0) is 13.0. The van der Waals surface area contributed by atoms with Gasteiger partial charge in [0.25, 0.3) is 0 Å². The zero-order valence-corrected chi connectivity index (χ0v) is 12.2. The lowest BCUT2D eigenvalue weighted by Crippen LogP contribution is -2.49. The Morgan fingerprint density at radius 1 is 1.37 bits per heavy atom. The van der Waals surface area contributed by atoms with Gasteiger partial charge in [0.05, 0.1) is 11.9 Å². The molecule has 0 amide bonds. The molecule has 1 atom stereocenters. The second-order valence-electron chi connectivity index (χ2n) is 5.62. The molecule has 1 N–H and O–H groups in total. The van der Waals surface area contributed by atoms with Crippen molar-refractivity contribution >= 4 is 11.8 Å². The lowest BCUT2D eigenvalue weighted by Gasteiger charge is -2.43. The van der Waals surface area contributed by atoms with Gasteiger partial charge < -0.3 is 14.5 Å². The third-order valence-electron chi connectivity index (χ3n) is 4.28. The van der Waals surface area contributed by atoms with E-state index < -0.39 is 0 Å². The van der Waals surface area contributed by atoms with Crippen LogP contribution in [0.4, 0.5) is 0 Å². The van der Waals surface area contributed by atoms with Gasteiger partial charge in [0.1, 0.15) is 5.76 Å². The minimum Gasteiger partial charge on any atom is -0.469 e. The Hall–Kier alpha value is -0.450. The average Bonchev–Trinajstić information content (AvgIpc) is 2.93. The number of rotatable bonds is 4. The predicted molar refractivity (Wildman–Crippen MR) is 78.7 cm³/mol. The number of furan rings is 1. The molecule has 4 heteroatoms. The monoisotopic (exact) mass is 281 g/mol. The first-order valence-corrected chi connectivity index (χ1v) is 8.49. The second kappa shape index (κ2) is 6.33. The minimum atomic E-state index is 0.186. The van der Waals surface area contributed by atoms with Crippen LogP contribution in [-0.2, 0) is 11.2 Å². The van der Waals surface area contributed by atoms with Crippen molar-refractivity contribution in [3.63, 3.8) is 0 Å². The Balaban J connectivity index is 1.45. The van der Waals surface area contributed by atoms with Crippen molar-refractivity contribution in [2.24, 2.45) is 0 Å². The molecular weight excluding hydrogens is 258 g/mol. The Morgan fingerprint density at radius 3 is 3.05 bits per heavy atom. The molecule has 3 rings (SSSR count). The maximum atomic E-state index is 6.12. The van der Waals surface area contributed by atoms with Gasteiger partial charge in [0, 0.05) is 25.6 Å². The quantitative estimate of drug-likeness (QED) is 0.920. The van der Waals surface area contributed by atoms with Crippen LogP contribution in [0.2, 0.25) is 0 Å². The highest BCUT2D eigenvalue weighted by Crippen LogP contribution is 2.37. The molecular formula is C15H23NO2S. The summed E-state index contributed by atoms with van der Waals surface area (Å²) in [6.45, 7) is 1.92. The molecule has 1 aromatic heterocycles. The lowest BCUT2D eigenvalue weighted by atomic mass is 9.85. The first-order valence-electron chi connectivity index (χ1n) is 7.34. The zero-order valence-electron chi connectivity index (χ0n) is 11.4. The third kappa shape index (κ3) is 3.56.